The van der Waals surface area contributed by atoms with Crippen LogP contribution in [0.2, 0.25) is 0 Å². The molecule has 33 heavy (non-hydrogen) atoms. The Morgan fingerprint density at radius 3 is 2.33 bits per heavy atom. The Hall–Kier alpha value is -3.80. The van der Waals surface area contributed by atoms with Crippen LogP contribution in [-0.2, 0) is 16.1 Å². The Morgan fingerprint density at radius 2 is 1.73 bits per heavy atom. The number of likely N-dealkylation sites (tertiary alicyclic amines) is 1. The van der Waals surface area contributed by atoms with E-state index in [1.54, 1.807) is 37.5 Å². The minimum Gasteiger partial charge on any atom is -0.507 e. The van der Waals surface area contributed by atoms with Gasteiger partial charge in [-0.2, -0.15) is 0 Å². The number of benzene rings is 2. The average molecular weight is 445 g/mol. The number of nitrogens with zero attached hydrogens (tertiary/aromatic N) is 2. The van der Waals surface area contributed by atoms with E-state index in [0.29, 0.717) is 17.0 Å². The lowest BCUT2D eigenvalue weighted by atomic mass is 9.93. The molecule has 0 radical (unpaired) electrons. The Balaban J connectivity index is 1.86. The van der Waals surface area contributed by atoms with Crippen LogP contribution in [0, 0.1) is 12.7 Å². The number of rotatable bonds is 5. The van der Waals surface area contributed by atoms with Crippen molar-refractivity contribution in [3.05, 3.63) is 106 Å². The van der Waals surface area contributed by atoms with Gasteiger partial charge in [0.15, 0.2) is 0 Å². The van der Waals surface area contributed by atoms with Crippen molar-refractivity contribution in [1.29, 1.82) is 0 Å². The SMILES string of the molecule is Cc1ccc(/C(O)=C2/C(=O)C(=O)N(Cc3ccncc3)C2c2ccc(C(C)C)cc2)cc1F. The number of carbonyl (C=O) groups excluding carboxylic acids is 2. The van der Waals surface area contributed by atoms with Gasteiger partial charge >= 0.3 is 0 Å². The van der Waals surface area contributed by atoms with Gasteiger partial charge in [-0.05, 0) is 53.3 Å². The quantitative estimate of drug-likeness (QED) is 0.330. The number of carbonyl (C=O) groups is 2. The van der Waals surface area contributed by atoms with Crippen LogP contribution < -0.4 is 0 Å². The highest BCUT2D eigenvalue weighted by Crippen LogP contribution is 2.40. The van der Waals surface area contributed by atoms with Crippen LogP contribution in [0.5, 0.6) is 0 Å². The van der Waals surface area contributed by atoms with Gasteiger partial charge in [0.05, 0.1) is 11.6 Å². The Morgan fingerprint density at radius 1 is 1.06 bits per heavy atom. The first-order valence-electron chi connectivity index (χ1n) is 10.8. The lowest BCUT2D eigenvalue weighted by Crippen LogP contribution is -2.29. The number of pyridine rings is 1. The van der Waals surface area contributed by atoms with Gasteiger partial charge in [0.2, 0.25) is 0 Å². The molecule has 1 fully saturated rings. The van der Waals surface area contributed by atoms with Crippen molar-refractivity contribution in [3.8, 4) is 0 Å². The van der Waals surface area contributed by atoms with Crippen molar-refractivity contribution in [2.24, 2.45) is 0 Å². The second-order valence-electron chi connectivity index (χ2n) is 8.57. The molecule has 1 aliphatic rings. The maximum Gasteiger partial charge on any atom is 0.295 e. The molecule has 0 bridgehead atoms. The standard InChI is InChI=1S/C27H25FN2O3/c1-16(2)19-6-8-20(9-7-19)24-23(25(31)21-5-4-17(3)22(28)14-21)26(32)27(33)30(24)15-18-10-12-29-13-11-18/h4-14,16,24,31H,15H2,1-3H3/b25-23-. The molecule has 2 aromatic carbocycles. The Labute approximate surface area is 192 Å². The van der Waals surface area contributed by atoms with Crippen molar-refractivity contribution in [2.75, 3.05) is 0 Å². The van der Waals surface area contributed by atoms with Gasteiger partial charge in [0, 0.05) is 24.5 Å². The molecule has 1 aromatic heterocycles. The van der Waals surface area contributed by atoms with Crippen molar-refractivity contribution >= 4 is 17.4 Å². The Bertz CT molecular complexity index is 1230. The predicted octanol–water partition coefficient (Wildman–Crippen LogP) is 5.27. The van der Waals surface area contributed by atoms with Gasteiger partial charge in [-0.15, -0.1) is 0 Å². The first-order valence-corrected chi connectivity index (χ1v) is 10.8. The highest BCUT2D eigenvalue weighted by molar-refractivity contribution is 6.46. The summed E-state index contributed by atoms with van der Waals surface area (Å²) in [5, 5.41) is 11.1. The molecule has 5 nitrogen and oxygen atoms in total. The predicted molar refractivity (Wildman–Crippen MR) is 124 cm³/mol. The molecule has 1 aliphatic heterocycles. The van der Waals surface area contributed by atoms with E-state index in [1.807, 2.05) is 24.3 Å². The smallest absolute Gasteiger partial charge is 0.295 e. The molecule has 6 heteroatoms. The molecule has 4 rings (SSSR count). The molecule has 0 aliphatic carbocycles. The zero-order valence-corrected chi connectivity index (χ0v) is 18.7. The van der Waals surface area contributed by atoms with E-state index in [2.05, 4.69) is 18.8 Å². The third kappa shape index (κ3) is 4.29. The summed E-state index contributed by atoms with van der Waals surface area (Å²) in [5.74, 6) is -2.07. The second kappa shape index (κ2) is 8.98. The fourth-order valence-electron chi connectivity index (χ4n) is 4.03. The zero-order chi connectivity index (χ0) is 23.7. The molecule has 1 saturated heterocycles. The van der Waals surface area contributed by atoms with Crippen molar-refractivity contribution in [2.45, 2.75) is 39.3 Å². The lowest BCUT2D eigenvalue weighted by molar-refractivity contribution is -0.140. The largest absolute Gasteiger partial charge is 0.507 e. The van der Waals surface area contributed by atoms with Gasteiger partial charge in [0.1, 0.15) is 11.6 Å². The van der Waals surface area contributed by atoms with Crippen LogP contribution in [0.15, 0.2) is 72.6 Å². The maximum atomic E-state index is 14.2. The molecule has 0 spiro atoms. The van der Waals surface area contributed by atoms with E-state index < -0.39 is 23.5 Å². The summed E-state index contributed by atoms with van der Waals surface area (Å²) in [7, 11) is 0. The molecular weight excluding hydrogens is 419 g/mol. The first-order chi connectivity index (χ1) is 15.8. The van der Waals surface area contributed by atoms with Gasteiger partial charge in [-0.3, -0.25) is 14.6 Å². The van der Waals surface area contributed by atoms with E-state index in [9.17, 15) is 19.1 Å². The first kappa shape index (κ1) is 22.4. The van der Waals surface area contributed by atoms with Crippen molar-refractivity contribution in [3.63, 3.8) is 0 Å². The summed E-state index contributed by atoms with van der Waals surface area (Å²) < 4.78 is 14.2. The number of aryl methyl sites for hydroxylation is 1. The zero-order valence-electron chi connectivity index (χ0n) is 18.7. The number of aromatic nitrogens is 1. The van der Waals surface area contributed by atoms with E-state index >= 15 is 0 Å². The highest BCUT2D eigenvalue weighted by Gasteiger charge is 2.46. The number of aliphatic hydroxyl groups excluding tert-OH is 1. The van der Waals surface area contributed by atoms with Crippen LogP contribution in [0.25, 0.3) is 5.76 Å². The van der Waals surface area contributed by atoms with Crippen molar-refractivity contribution in [1.82, 2.24) is 9.88 Å². The number of hydrogen-bond acceptors (Lipinski definition) is 4. The molecule has 2 heterocycles. The monoisotopic (exact) mass is 444 g/mol. The van der Waals surface area contributed by atoms with E-state index in [4.69, 9.17) is 0 Å². The number of ketones is 1. The molecule has 168 valence electrons. The third-order valence-corrected chi connectivity index (χ3v) is 6.01. The summed E-state index contributed by atoms with van der Waals surface area (Å²) >= 11 is 0. The van der Waals surface area contributed by atoms with Crippen LogP contribution in [0.1, 0.15) is 53.6 Å². The van der Waals surface area contributed by atoms with E-state index in [0.717, 1.165) is 11.1 Å². The molecule has 0 saturated carbocycles. The van der Waals surface area contributed by atoms with E-state index in [-0.39, 0.29) is 23.4 Å². The second-order valence-corrected chi connectivity index (χ2v) is 8.57. The number of Topliss-reactive ketones (excluding diaryl/α,β-unsaturated/α-hetero) is 1. The summed E-state index contributed by atoms with van der Waals surface area (Å²) in [6, 6.07) is 14.6. The van der Waals surface area contributed by atoms with E-state index in [1.165, 1.54) is 17.0 Å². The molecule has 1 N–H and O–H groups in total. The fraction of sp³-hybridized carbons (Fsp3) is 0.222. The molecule has 1 atom stereocenters. The highest BCUT2D eigenvalue weighted by atomic mass is 19.1. The average Bonchev–Trinajstić information content (AvgIpc) is 3.06. The summed E-state index contributed by atoms with van der Waals surface area (Å²) in [4.78, 5) is 31.6. The van der Waals surface area contributed by atoms with Crippen molar-refractivity contribution < 1.29 is 19.1 Å². The molecule has 1 unspecified atom stereocenters. The van der Waals surface area contributed by atoms with Crippen LogP contribution >= 0.6 is 0 Å². The number of hydrogen-bond donors (Lipinski definition) is 1. The summed E-state index contributed by atoms with van der Waals surface area (Å²) in [5.41, 5.74) is 3.15. The lowest BCUT2D eigenvalue weighted by Gasteiger charge is -2.25. The van der Waals surface area contributed by atoms with Gasteiger partial charge in [-0.1, -0.05) is 50.2 Å². The minimum atomic E-state index is -0.802. The number of amides is 1. The third-order valence-electron chi connectivity index (χ3n) is 6.01. The minimum absolute atomic E-state index is 0.0467. The summed E-state index contributed by atoms with van der Waals surface area (Å²) in [6.45, 7) is 5.94. The summed E-state index contributed by atoms with van der Waals surface area (Å²) in [6.07, 6.45) is 3.24. The molecule has 3 aromatic rings. The van der Waals surface area contributed by atoms with Crippen LogP contribution in [0.3, 0.4) is 0 Å². The van der Waals surface area contributed by atoms with Gasteiger partial charge in [-0.25, -0.2) is 4.39 Å². The van der Waals surface area contributed by atoms with Gasteiger partial charge in [0.25, 0.3) is 11.7 Å². The number of halogens is 1. The normalized spacial score (nSPS) is 17.7. The number of aliphatic hydroxyl groups is 1. The van der Waals surface area contributed by atoms with Gasteiger partial charge < -0.3 is 10.0 Å². The topological polar surface area (TPSA) is 70.5 Å². The Kier molecular flexibility index (Phi) is 6.09. The van der Waals surface area contributed by atoms with Crippen LogP contribution in [-0.4, -0.2) is 26.7 Å². The van der Waals surface area contributed by atoms with Crippen LogP contribution in [0.4, 0.5) is 4.39 Å². The molecular formula is C27H25FN2O3. The molecule has 1 amide bonds. The maximum absolute atomic E-state index is 14.2. The fourth-order valence-corrected chi connectivity index (χ4v) is 4.03.